The Bertz CT molecular complexity index is 583. The zero-order valence-electron chi connectivity index (χ0n) is 11.6. The van der Waals surface area contributed by atoms with Gasteiger partial charge in [-0.1, -0.05) is 0 Å². The van der Waals surface area contributed by atoms with Crippen LogP contribution in [0.15, 0.2) is 21.6 Å². The van der Waals surface area contributed by atoms with Crippen LogP contribution in [0, 0.1) is 0 Å². The summed E-state index contributed by atoms with van der Waals surface area (Å²) in [5.74, 6) is 0.0444. The highest BCUT2D eigenvalue weighted by Gasteiger charge is 2.31. The van der Waals surface area contributed by atoms with E-state index < -0.39 is 10.0 Å². The molecule has 2 rings (SSSR count). The van der Waals surface area contributed by atoms with Crippen molar-refractivity contribution in [3.63, 3.8) is 0 Å². The Morgan fingerprint density at radius 1 is 1.40 bits per heavy atom. The van der Waals surface area contributed by atoms with Gasteiger partial charge in [-0.2, -0.15) is 4.31 Å². The molecule has 1 saturated heterocycles. The Morgan fingerprint density at radius 3 is 2.55 bits per heavy atom. The number of hydrogen-bond donors (Lipinski definition) is 1. The lowest BCUT2D eigenvalue weighted by Gasteiger charge is -2.34. The molecule has 112 valence electrons. The molecule has 2 heterocycles. The van der Waals surface area contributed by atoms with Gasteiger partial charge in [-0.15, -0.1) is 0 Å². The highest BCUT2D eigenvalue weighted by Crippen LogP contribution is 2.26. The summed E-state index contributed by atoms with van der Waals surface area (Å²) in [6.07, 6.45) is 3.15. The average Bonchev–Trinajstić information content (AvgIpc) is 2.41. The maximum Gasteiger partial charge on any atom is 0.246 e. The Balaban J connectivity index is 2.22. The maximum atomic E-state index is 12.6. The van der Waals surface area contributed by atoms with E-state index in [0.29, 0.717) is 23.6 Å². The molecule has 20 heavy (non-hydrogen) atoms. The molecule has 0 radical (unpaired) electrons. The van der Waals surface area contributed by atoms with Crippen molar-refractivity contribution in [3.8, 4) is 0 Å². The predicted molar refractivity (Wildman–Crippen MR) is 81.8 cm³/mol. The third-order valence-corrected chi connectivity index (χ3v) is 5.98. The summed E-state index contributed by atoms with van der Waals surface area (Å²) in [5.41, 5.74) is 5.71. The van der Waals surface area contributed by atoms with Crippen molar-refractivity contribution in [2.45, 2.75) is 23.8 Å². The van der Waals surface area contributed by atoms with E-state index in [4.69, 9.17) is 5.73 Å². The summed E-state index contributed by atoms with van der Waals surface area (Å²) in [4.78, 5) is 6.12. The first-order valence-corrected chi connectivity index (χ1v) is 8.63. The number of rotatable bonds is 3. The molecule has 1 aromatic heterocycles. The number of nitrogens with zero attached hydrogens (tertiary/aromatic N) is 3. The van der Waals surface area contributed by atoms with Crippen molar-refractivity contribution >= 4 is 31.8 Å². The predicted octanol–water partition coefficient (Wildman–Crippen LogP) is 1.14. The van der Waals surface area contributed by atoms with Gasteiger partial charge >= 0.3 is 0 Å². The van der Waals surface area contributed by atoms with Gasteiger partial charge in [0.15, 0.2) is 0 Å². The second kappa shape index (κ2) is 5.97. The number of anilines is 1. The molecule has 0 aliphatic carbocycles. The number of nitrogen functional groups attached to an aromatic ring is 1. The minimum Gasteiger partial charge on any atom is -0.383 e. The van der Waals surface area contributed by atoms with Crippen LogP contribution in [-0.2, 0) is 10.0 Å². The fourth-order valence-corrected chi connectivity index (χ4v) is 4.42. The van der Waals surface area contributed by atoms with E-state index in [1.54, 1.807) is 0 Å². The first kappa shape index (κ1) is 15.7. The molecule has 1 fully saturated rings. The van der Waals surface area contributed by atoms with Crippen LogP contribution in [0.3, 0.4) is 0 Å². The van der Waals surface area contributed by atoms with Crippen molar-refractivity contribution in [3.05, 3.63) is 16.7 Å². The summed E-state index contributed by atoms with van der Waals surface area (Å²) >= 11 is 3.23. The van der Waals surface area contributed by atoms with Crippen molar-refractivity contribution in [2.24, 2.45) is 0 Å². The van der Waals surface area contributed by atoms with Crippen LogP contribution in [-0.4, -0.2) is 55.8 Å². The van der Waals surface area contributed by atoms with Crippen LogP contribution in [0.25, 0.3) is 0 Å². The number of pyridine rings is 1. The molecule has 0 spiro atoms. The van der Waals surface area contributed by atoms with Gasteiger partial charge in [0, 0.05) is 29.8 Å². The van der Waals surface area contributed by atoms with E-state index in [-0.39, 0.29) is 10.7 Å². The molecular weight excluding hydrogens is 344 g/mol. The molecule has 2 N–H and O–H groups in total. The lowest BCUT2D eigenvalue weighted by molar-refractivity contribution is 0.196. The van der Waals surface area contributed by atoms with Crippen molar-refractivity contribution in [1.29, 1.82) is 0 Å². The van der Waals surface area contributed by atoms with E-state index >= 15 is 0 Å². The minimum absolute atomic E-state index is 0.0444. The lowest BCUT2D eigenvalue weighted by Crippen LogP contribution is -2.44. The van der Waals surface area contributed by atoms with Gasteiger partial charge in [0.05, 0.1) is 0 Å². The summed E-state index contributed by atoms with van der Waals surface area (Å²) in [6, 6.07) is 1.94. The topological polar surface area (TPSA) is 79.5 Å². The highest BCUT2D eigenvalue weighted by molar-refractivity contribution is 9.10. The summed E-state index contributed by atoms with van der Waals surface area (Å²) in [5, 5.41) is 0. The van der Waals surface area contributed by atoms with E-state index in [9.17, 15) is 8.42 Å². The van der Waals surface area contributed by atoms with Crippen LogP contribution in [0.1, 0.15) is 12.8 Å². The van der Waals surface area contributed by atoms with Gasteiger partial charge in [-0.05, 0) is 48.9 Å². The monoisotopic (exact) mass is 362 g/mol. The Morgan fingerprint density at radius 2 is 2.00 bits per heavy atom. The fraction of sp³-hybridized carbons (Fsp3) is 0.583. The van der Waals surface area contributed by atoms with Gasteiger partial charge in [0.1, 0.15) is 10.7 Å². The lowest BCUT2D eigenvalue weighted by atomic mass is 10.1. The quantitative estimate of drug-likeness (QED) is 0.871. The van der Waals surface area contributed by atoms with Gasteiger partial charge in [0.25, 0.3) is 0 Å². The van der Waals surface area contributed by atoms with Gasteiger partial charge in [0.2, 0.25) is 10.0 Å². The summed E-state index contributed by atoms with van der Waals surface area (Å²) in [7, 11) is 0.471. The molecule has 0 saturated carbocycles. The molecular formula is C12H19BrN4O2S. The van der Waals surface area contributed by atoms with Crippen LogP contribution in [0.4, 0.5) is 5.82 Å². The minimum atomic E-state index is -3.57. The number of hydrogen-bond acceptors (Lipinski definition) is 5. The largest absolute Gasteiger partial charge is 0.383 e. The molecule has 8 heteroatoms. The SMILES string of the molecule is CN(C)C1CCN(S(=O)(=O)c2cc(Br)cnc2N)CC1. The maximum absolute atomic E-state index is 12.6. The second-order valence-electron chi connectivity index (χ2n) is 5.14. The molecule has 0 atom stereocenters. The van der Waals surface area contributed by atoms with Gasteiger partial charge in [-0.25, -0.2) is 13.4 Å². The Kier molecular flexibility index (Phi) is 4.68. The third-order valence-electron chi connectivity index (χ3n) is 3.62. The van der Waals surface area contributed by atoms with E-state index in [0.717, 1.165) is 12.8 Å². The van der Waals surface area contributed by atoms with Crippen molar-refractivity contribution < 1.29 is 8.42 Å². The standard InChI is InChI=1S/C12H19BrN4O2S/c1-16(2)10-3-5-17(6-4-10)20(18,19)11-7-9(13)8-15-12(11)14/h7-8,10H,3-6H2,1-2H3,(H2,14,15). The van der Waals surface area contributed by atoms with Crippen LogP contribution < -0.4 is 5.73 Å². The van der Waals surface area contributed by atoms with Crippen molar-refractivity contribution in [1.82, 2.24) is 14.2 Å². The molecule has 1 aliphatic heterocycles. The van der Waals surface area contributed by atoms with Crippen LogP contribution in [0.5, 0.6) is 0 Å². The van der Waals surface area contributed by atoms with Crippen LogP contribution >= 0.6 is 15.9 Å². The number of aromatic nitrogens is 1. The second-order valence-corrected chi connectivity index (χ2v) is 7.96. The first-order chi connectivity index (χ1) is 9.32. The number of sulfonamides is 1. The third kappa shape index (κ3) is 3.13. The Hall–Kier alpha value is -0.700. The van der Waals surface area contributed by atoms with Gasteiger partial charge in [-0.3, -0.25) is 0 Å². The summed E-state index contributed by atoms with van der Waals surface area (Å²) in [6.45, 7) is 1.02. The molecule has 0 aromatic carbocycles. The van der Waals surface area contributed by atoms with Crippen LogP contribution in [0.2, 0.25) is 0 Å². The fourth-order valence-electron chi connectivity index (χ4n) is 2.38. The number of nitrogens with two attached hydrogens (primary N) is 1. The Labute approximate surface area is 128 Å². The van der Waals surface area contributed by atoms with E-state index in [1.807, 2.05) is 14.1 Å². The zero-order valence-corrected chi connectivity index (χ0v) is 14.0. The number of piperidine rings is 1. The molecule has 0 unspecified atom stereocenters. The van der Waals surface area contributed by atoms with E-state index in [2.05, 4.69) is 25.8 Å². The molecule has 0 bridgehead atoms. The van der Waals surface area contributed by atoms with E-state index in [1.165, 1.54) is 16.6 Å². The number of halogens is 1. The first-order valence-electron chi connectivity index (χ1n) is 6.40. The summed E-state index contributed by atoms with van der Waals surface area (Å²) < 4.78 is 27.3. The molecule has 6 nitrogen and oxygen atoms in total. The molecule has 1 aliphatic rings. The average molecular weight is 363 g/mol. The molecule has 1 aromatic rings. The smallest absolute Gasteiger partial charge is 0.246 e. The van der Waals surface area contributed by atoms with Gasteiger partial charge < -0.3 is 10.6 Å². The van der Waals surface area contributed by atoms with Crippen molar-refractivity contribution in [2.75, 3.05) is 32.9 Å². The normalized spacial score (nSPS) is 18.6. The highest BCUT2D eigenvalue weighted by atomic mass is 79.9. The zero-order chi connectivity index (χ0) is 14.9. The molecule has 0 amide bonds.